The molecule has 0 fully saturated rings. The summed E-state index contributed by atoms with van der Waals surface area (Å²) in [4.78, 5) is 5.01. The summed E-state index contributed by atoms with van der Waals surface area (Å²) in [5.41, 5.74) is 3.90. The summed E-state index contributed by atoms with van der Waals surface area (Å²) in [5.74, 6) is 0. The third-order valence-electron chi connectivity index (χ3n) is 11.3. The number of hydrogen-bond donors (Lipinski definition) is 0. The fraction of sp³-hybridized carbons (Fsp3) is 0.810. The number of aryl methyl sites for hydroxylation is 1. The van der Waals surface area contributed by atoms with E-state index in [1.807, 2.05) is 8.46 Å². The number of hydrogen-bond acceptors (Lipinski definition) is 2. The molecular formula is C42H74S2Sn. The van der Waals surface area contributed by atoms with E-state index >= 15 is 0 Å². The molecule has 3 rings (SSSR count). The molecule has 0 nitrogen and oxygen atoms in total. The van der Waals surface area contributed by atoms with Crippen LogP contribution in [0.15, 0.2) is 12.1 Å². The van der Waals surface area contributed by atoms with Gasteiger partial charge in [-0.05, 0) is 0 Å². The van der Waals surface area contributed by atoms with E-state index in [0.29, 0.717) is 5.41 Å². The summed E-state index contributed by atoms with van der Waals surface area (Å²) in [6.07, 6.45) is 34.1. The van der Waals surface area contributed by atoms with Crippen LogP contribution in [-0.2, 0) is 5.41 Å². The monoisotopic (exact) mass is 762 g/mol. The van der Waals surface area contributed by atoms with Crippen LogP contribution in [0.3, 0.4) is 0 Å². The summed E-state index contributed by atoms with van der Waals surface area (Å²) in [6.45, 7) is 14.4. The third-order valence-corrected chi connectivity index (χ3v) is 31.8. The predicted octanol–water partition coefficient (Wildman–Crippen LogP) is 15.5. The molecule has 0 spiro atoms. The van der Waals surface area contributed by atoms with Crippen LogP contribution in [0.2, 0.25) is 13.3 Å². The van der Waals surface area contributed by atoms with E-state index in [1.165, 1.54) is 154 Å². The predicted molar refractivity (Wildman–Crippen MR) is 212 cm³/mol. The average molecular weight is 762 g/mol. The van der Waals surface area contributed by atoms with Crippen molar-refractivity contribution in [2.24, 2.45) is 0 Å². The van der Waals surface area contributed by atoms with Crippen molar-refractivity contribution in [2.45, 2.75) is 214 Å². The molecular weight excluding hydrogens is 687 g/mol. The molecule has 0 saturated heterocycles. The zero-order chi connectivity index (χ0) is 32.4. The molecule has 0 saturated carbocycles. The summed E-state index contributed by atoms with van der Waals surface area (Å²) in [7, 11) is 0. The fourth-order valence-electron chi connectivity index (χ4n) is 8.44. The van der Waals surface area contributed by atoms with Crippen LogP contribution < -0.4 is 2.89 Å². The van der Waals surface area contributed by atoms with E-state index in [-0.39, 0.29) is 0 Å². The minimum atomic E-state index is -2.47. The molecule has 0 amide bonds. The summed E-state index contributed by atoms with van der Waals surface area (Å²) >= 11 is 2.02. The third kappa shape index (κ3) is 11.4. The van der Waals surface area contributed by atoms with Gasteiger partial charge in [-0.25, -0.2) is 0 Å². The standard InChI is InChI=1S/C30H47S2.3C4H9.Sn/c1-4-6-8-10-12-14-16-18-21-30(22-19-17-15-13-11-9-7-5-2)26-20-23-31-28(26)29-27(30)24-25(3)32-29;3*1-3-4-2;/h20,24H,4-19,21-22H2,1-3H3;3*1,3-4H2,2H3;. The Bertz CT molecular complexity index is 1000. The number of rotatable bonds is 28. The van der Waals surface area contributed by atoms with Crippen molar-refractivity contribution in [3.8, 4) is 9.75 Å². The first kappa shape index (κ1) is 39.6. The molecule has 0 aromatic carbocycles. The van der Waals surface area contributed by atoms with E-state index in [1.54, 1.807) is 33.5 Å². The first-order valence-electron chi connectivity index (χ1n) is 20.3. The number of thiophene rings is 2. The zero-order valence-corrected chi connectivity index (χ0v) is 35.6. The summed E-state index contributed by atoms with van der Waals surface area (Å²) in [6, 6.07) is 5.60. The molecule has 0 N–H and O–H groups in total. The Morgan fingerprint density at radius 2 is 0.844 bits per heavy atom. The zero-order valence-electron chi connectivity index (χ0n) is 31.1. The van der Waals surface area contributed by atoms with Gasteiger partial charge in [0, 0.05) is 0 Å². The van der Waals surface area contributed by atoms with E-state index in [0.717, 1.165) is 0 Å². The van der Waals surface area contributed by atoms with Gasteiger partial charge in [-0.1, -0.05) is 26.7 Å². The Labute approximate surface area is 294 Å². The maximum absolute atomic E-state index is 2.94. The van der Waals surface area contributed by atoms with Gasteiger partial charge in [0.15, 0.2) is 0 Å². The van der Waals surface area contributed by atoms with Gasteiger partial charge < -0.3 is 0 Å². The van der Waals surface area contributed by atoms with Crippen molar-refractivity contribution in [1.29, 1.82) is 0 Å². The van der Waals surface area contributed by atoms with Gasteiger partial charge in [-0.3, -0.25) is 0 Å². The van der Waals surface area contributed by atoms with Crippen molar-refractivity contribution in [3.63, 3.8) is 0 Å². The van der Waals surface area contributed by atoms with Crippen molar-refractivity contribution >= 4 is 43.9 Å². The molecule has 3 heteroatoms. The van der Waals surface area contributed by atoms with Gasteiger partial charge in [-0.15, -0.1) is 0 Å². The van der Waals surface area contributed by atoms with Crippen molar-refractivity contribution in [3.05, 3.63) is 28.1 Å². The Morgan fingerprint density at radius 3 is 1.29 bits per heavy atom. The van der Waals surface area contributed by atoms with E-state index in [4.69, 9.17) is 0 Å². The molecule has 2 aromatic rings. The van der Waals surface area contributed by atoms with E-state index in [9.17, 15) is 0 Å². The quantitative estimate of drug-likeness (QED) is 0.0598. The van der Waals surface area contributed by atoms with E-state index in [2.05, 4.69) is 76.3 Å². The van der Waals surface area contributed by atoms with Gasteiger partial charge >= 0.3 is 270 Å². The molecule has 0 radical (unpaired) electrons. The Hall–Kier alpha value is 0.199. The van der Waals surface area contributed by atoms with Gasteiger partial charge in [0.2, 0.25) is 0 Å². The minimum absolute atomic E-state index is 0.298. The first-order chi connectivity index (χ1) is 22.0. The molecule has 0 bridgehead atoms. The van der Waals surface area contributed by atoms with E-state index < -0.39 is 18.4 Å². The van der Waals surface area contributed by atoms with Crippen LogP contribution in [0.25, 0.3) is 9.75 Å². The molecule has 0 unspecified atom stereocenters. The molecule has 0 atom stereocenters. The number of unbranched alkanes of at least 4 members (excludes halogenated alkanes) is 17. The Balaban J connectivity index is 1.91. The Kier molecular flexibility index (Phi) is 19.4. The molecule has 0 aliphatic heterocycles. The van der Waals surface area contributed by atoms with Crippen molar-refractivity contribution < 1.29 is 0 Å². The van der Waals surface area contributed by atoms with Crippen LogP contribution in [-0.4, -0.2) is 18.4 Å². The maximum atomic E-state index is 2.94. The van der Waals surface area contributed by atoms with Crippen molar-refractivity contribution in [1.82, 2.24) is 0 Å². The van der Waals surface area contributed by atoms with Gasteiger partial charge in [0.25, 0.3) is 0 Å². The van der Waals surface area contributed by atoms with Crippen LogP contribution in [0.4, 0.5) is 0 Å². The first-order valence-corrected chi connectivity index (χ1v) is 29.4. The topological polar surface area (TPSA) is 0 Å². The second-order valence-corrected chi connectivity index (χ2v) is 31.5. The average Bonchev–Trinajstić information content (AvgIpc) is 3.72. The second-order valence-electron chi connectivity index (χ2n) is 15.1. The molecule has 45 heavy (non-hydrogen) atoms. The van der Waals surface area contributed by atoms with Gasteiger partial charge in [0.05, 0.1) is 0 Å². The summed E-state index contributed by atoms with van der Waals surface area (Å²) < 4.78 is 6.79. The second kappa shape index (κ2) is 22.0. The van der Waals surface area contributed by atoms with Gasteiger partial charge in [-0.2, -0.15) is 0 Å². The van der Waals surface area contributed by atoms with Crippen molar-refractivity contribution in [2.75, 3.05) is 0 Å². The Morgan fingerprint density at radius 1 is 0.467 bits per heavy atom. The number of fused-ring (bicyclic) bond motifs is 3. The molecule has 258 valence electrons. The van der Waals surface area contributed by atoms with Gasteiger partial charge in [0.1, 0.15) is 0 Å². The van der Waals surface area contributed by atoms with Crippen LogP contribution in [0, 0.1) is 6.92 Å². The molecule has 1 aliphatic carbocycles. The molecule has 2 aromatic heterocycles. The fourth-order valence-corrected chi connectivity index (χ4v) is 30.1. The van der Waals surface area contributed by atoms with Crippen LogP contribution in [0.5, 0.6) is 0 Å². The molecule has 1 aliphatic rings. The normalized spacial score (nSPS) is 13.9. The SMILES string of the molecule is CCCCCCCCCCC1(CCCCCCCCCC)c2cc(C)sc2-c2s[c]([Sn]([CH2]CCC)([CH2]CCC)[CH2]CCC)cc21. The molecule has 2 heterocycles. The summed E-state index contributed by atoms with van der Waals surface area (Å²) in [5, 5.41) is 0. The van der Waals surface area contributed by atoms with Crippen LogP contribution >= 0.6 is 22.7 Å². The van der Waals surface area contributed by atoms with Crippen LogP contribution in [0.1, 0.15) is 205 Å².